The molecule has 0 aliphatic carbocycles. The maximum absolute atomic E-state index is 13.4. The fraction of sp³-hybridized carbons (Fsp3) is 0.419. The number of hydrogen-bond donors (Lipinski definition) is 1. The number of methoxy groups -OCH3 is 2. The molecule has 1 N–H and O–H groups in total. The van der Waals surface area contributed by atoms with Crippen molar-refractivity contribution in [2.24, 2.45) is 0 Å². The van der Waals surface area contributed by atoms with Crippen molar-refractivity contribution in [3.63, 3.8) is 0 Å². The van der Waals surface area contributed by atoms with E-state index in [4.69, 9.17) is 38.0 Å². The summed E-state index contributed by atoms with van der Waals surface area (Å²) in [5.74, 6) is 1.35. The molecule has 312 valence electrons. The molecule has 1 unspecified atom stereocenters. The lowest BCUT2D eigenvalue weighted by molar-refractivity contribution is -0.0925. The zero-order valence-corrected chi connectivity index (χ0v) is 35.0. The first-order chi connectivity index (χ1) is 28.5. The van der Waals surface area contributed by atoms with Gasteiger partial charge in [0.25, 0.3) is 8.53 Å². The molecule has 0 spiro atoms. The summed E-state index contributed by atoms with van der Waals surface area (Å²) in [7, 11) is 1.49. The van der Waals surface area contributed by atoms with Crippen LogP contribution in [0.15, 0.2) is 96.1 Å². The van der Waals surface area contributed by atoms with Crippen molar-refractivity contribution >= 4 is 20.3 Å². The van der Waals surface area contributed by atoms with Crippen LogP contribution >= 0.6 is 8.53 Å². The number of nitriles is 2. The zero-order chi connectivity index (χ0) is 42.4. The van der Waals surface area contributed by atoms with Gasteiger partial charge in [0.05, 0.1) is 70.4 Å². The Balaban J connectivity index is 1.58. The zero-order valence-electron chi connectivity index (χ0n) is 34.1. The lowest BCUT2D eigenvalue weighted by Gasteiger charge is -2.39. The molecule has 0 bridgehead atoms. The van der Waals surface area contributed by atoms with Crippen LogP contribution < -0.4 is 20.5 Å². The highest BCUT2D eigenvalue weighted by molar-refractivity contribution is 7.44. The van der Waals surface area contributed by atoms with Gasteiger partial charge in [0.15, 0.2) is 0 Å². The highest BCUT2D eigenvalue weighted by atomic mass is 31.2. The van der Waals surface area contributed by atoms with Gasteiger partial charge in [0.2, 0.25) is 0 Å². The van der Waals surface area contributed by atoms with Gasteiger partial charge in [-0.25, -0.2) is 14.3 Å². The minimum Gasteiger partial charge on any atom is -0.497 e. The molecule has 15 nitrogen and oxygen atoms in total. The summed E-state index contributed by atoms with van der Waals surface area (Å²) < 4.78 is 46.7. The van der Waals surface area contributed by atoms with Crippen molar-refractivity contribution in [3.05, 3.63) is 118 Å². The molecule has 16 heteroatoms. The van der Waals surface area contributed by atoms with E-state index in [1.54, 1.807) is 14.2 Å². The van der Waals surface area contributed by atoms with Gasteiger partial charge in [-0.15, -0.1) is 0 Å². The van der Waals surface area contributed by atoms with E-state index in [1.807, 2.05) is 113 Å². The molecule has 0 radical (unpaired) electrons. The van der Waals surface area contributed by atoms with E-state index in [-0.39, 0.29) is 56.9 Å². The van der Waals surface area contributed by atoms with E-state index >= 15 is 0 Å². The number of nitrogens with one attached hydrogen (secondary N) is 1. The number of aromatic nitrogens is 2. The molecule has 1 saturated heterocycles. The van der Waals surface area contributed by atoms with Crippen molar-refractivity contribution < 1.29 is 37.5 Å². The maximum atomic E-state index is 13.4. The standard InChI is InChI=1S/C43H51N6O9P/c1-30(2)49(31(3)4)59(56-25-11-23-45)58-38-26-40(48-28-35(27-46-41(48)50)47-42(51)54-24-10-22-44)57-39(38)29-55-43(32-12-8-7-9-13-32,33-14-18-36(52-5)19-15-33)34-16-20-37(53-6)21-17-34/h7-9,12-21,27-28,30-31,38-40H,10-11,24-26,29H2,1-6H3,(H,47,51)/t38-,39+,40+,59?/m0/s1. The third-order valence-electron chi connectivity index (χ3n) is 9.52. The quantitative estimate of drug-likeness (QED) is 0.0521. The molecule has 3 aromatic carbocycles. The van der Waals surface area contributed by atoms with Crippen LogP contribution in [0.1, 0.15) is 69.9 Å². The second-order valence-corrected chi connectivity index (χ2v) is 15.5. The molecule has 1 aliphatic heterocycles. The van der Waals surface area contributed by atoms with Gasteiger partial charge in [0, 0.05) is 24.7 Å². The Morgan fingerprint density at radius 2 is 1.49 bits per heavy atom. The molecule has 1 aliphatic rings. The highest BCUT2D eigenvalue weighted by Crippen LogP contribution is 2.50. The van der Waals surface area contributed by atoms with Gasteiger partial charge in [-0.1, -0.05) is 54.6 Å². The van der Waals surface area contributed by atoms with Gasteiger partial charge in [-0.3, -0.25) is 9.88 Å². The predicted octanol–water partition coefficient (Wildman–Crippen LogP) is 7.68. The second-order valence-electron chi connectivity index (χ2n) is 14.1. The van der Waals surface area contributed by atoms with Crippen LogP contribution in [0.3, 0.4) is 0 Å². The Bertz CT molecular complexity index is 2030. The van der Waals surface area contributed by atoms with Gasteiger partial charge >= 0.3 is 11.8 Å². The van der Waals surface area contributed by atoms with E-state index in [0.717, 1.165) is 16.7 Å². The number of rotatable bonds is 20. The molecule has 1 fully saturated rings. The van der Waals surface area contributed by atoms with Gasteiger partial charge in [-0.2, -0.15) is 15.5 Å². The van der Waals surface area contributed by atoms with E-state index in [2.05, 4.69) is 21.0 Å². The summed E-state index contributed by atoms with van der Waals surface area (Å²) in [4.78, 5) is 29.8. The Hall–Kier alpha value is -5.38. The molecule has 59 heavy (non-hydrogen) atoms. The fourth-order valence-electron chi connectivity index (χ4n) is 6.87. The molecule has 1 amide bonds. The van der Waals surface area contributed by atoms with Gasteiger partial charge in [0.1, 0.15) is 36.0 Å². The number of nitrogens with zero attached hydrogens (tertiary/aromatic N) is 5. The summed E-state index contributed by atoms with van der Waals surface area (Å²) in [6.07, 6.45) is -0.136. The number of ether oxygens (including phenoxy) is 5. The van der Waals surface area contributed by atoms with Crippen LogP contribution in [0, 0.1) is 22.7 Å². The van der Waals surface area contributed by atoms with Crippen molar-refractivity contribution in [2.75, 3.05) is 39.4 Å². The Morgan fingerprint density at radius 3 is 2.05 bits per heavy atom. The van der Waals surface area contributed by atoms with Crippen molar-refractivity contribution in [1.82, 2.24) is 14.2 Å². The molecule has 1 aromatic heterocycles. The summed E-state index contributed by atoms with van der Waals surface area (Å²) in [6.45, 7) is 8.24. The topological polar surface area (TPSA) is 179 Å². The predicted molar refractivity (Wildman–Crippen MR) is 221 cm³/mol. The summed E-state index contributed by atoms with van der Waals surface area (Å²) in [5.41, 5.74) is 0.854. The fourth-order valence-corrected chi connectivity index (χ4v) is 8.63. The monoisotopic (exact) mass is 826 g/mol. The molecule has 5 rings (SSSR count). The number of hydrogen-bond acceptors (Lipinski definition) is 13. The van der Waals surface area contributed by atoms with Crippen molar-refractivity contribution in [2.45, 2.75) is 83.1 Å². The first kappa shape index (κ1) is 44.7. The average Bonchev–Trinajstić information content (AvgIpc) is 3.64. The first-order valence-electron chi connectivity index (χ1n) is 19.3. The van der Waals surface area contributed by atoms with Crippen LogP contribution in [-0.2, 0) is 28.9 Å². The third kappa shape index (κ3) is 11.2. The SMILES string of the molecule is COc1ccc(C(OC[C@H]2O[C@@H](n3cc(NC(=O)OCCC#N)cnc3=O)C[C@@H]2OP(OCCC#N)N(C(C)C)C(C)C)(c2ccccc2)c2ccc(OC)cc2)cc1. The summed E-state index contributed by atoms with van der Waals surface area (Å²) >= 11 is 0. The normalized spacial score (nSPS) is 17.0. The Kier molecular flexibility index (Phi) is 16.4. The lowest BCUT2D eigenvalue weighted by Crippen LogP contribution is -2.39. The van der Waals surface area contributed by atoms with Gasteiger partial charge < -0.3 is 32.7 Å². The molecular formula is C43H51N6O9P. The van der Waals surface area contributed by atoms with E-state index < -0.39 is 44.3 Å². The number of carbonyl (C=O) groups is 1. The van der Waals surface area contributed by atoms with Crippen molar-refractivity contribution in [3.8, 4) is 23.6 Å². The highest BCUT2D eigenvalue weighted by Gasteiger charge is 2.45. The number of carbonyl (C=O) groups excluding carboxylic acids is 1. The van der Waals surface area contributed by atoms with E-state index in [1.165, 1.54) is 17.0 Å². The van der Waals surface area contributed by atoms with Crippen LogP contribution in [0.25, 0.3) is 0 Å². The van der Waals surface area contributed by atoms with Crippen LogP contribution in [0.4, 0.5) is 10.5 Å². The minimum atomic E-state index is -1.74. The third-order valence-corrected chi connectivity index (χ3v) is 11.7. The lowest BCUT2D eigenvalue weighted by atomic mass is 9.80. The van der Waals surface area contributed by atoms with Crippen LogP contribution in [0.2, 0.25) is 0 Å². The molecule has 4 aromatic rings. The average molecular weight is 827 g/mol. The van der Waals surface area contributed by atoms with Crippen LogP contribution in [-0.4, -0.2) is 78.6 Å². The Labute approximate surface area is 346 Å². The summed E-state index contributed by atoms with van der Waals surface area (Å²) in [5, 5.41) is 20.7. The first-order valence-corrected chi connectivity index (χ1v) is 20.5. The van der Waals surface area contributed by atoms with Crippen LogP contribution in [0.5, 0.6) is 11.5 Å². The number of anilines is 1. The smallest absolute Gasteiger partial charge is 0.411 e. The van der Waals surface area contributed by atoms with Crippen molar-refractivity contribution in [1.29, 1.82) is 10.5 Å². The number of benzene rings is 3. The van der Waals surface area contributed by atoms with E-state index in [9.17, 15) is 14.9 Å². The van der Waals surface area contributed by atoms with Gasteiger partial charge in [-0.05, 0) is 68.7 Å². The molecule has 4 atom stereocenters. The molecule has 2 heterocycles. The summed E-state index contributed by atoms with van der Waals surface area (Å²) in [6, 6.07) is 29.3. The molecular weight excluding hydrogens is 775 g/mol. The van der Waals surface area contributed by atoms with E-state index in [0.29, 0.717) is 11.5 Å². The number of amides is 1. The largest absolute Gasteiger partial charge is 0.497 e. The Morgan fingerprint density at radius 1 is 0.915 bits per heavy atom. The maximum Gasteiger partial charge on any atom is 0.411 e. The second kappa shape index (κ2) is 21.6. The molecule has 0 saturated carbocycles. The minimum absolute atomic E-state index is 0.0226.